The summed E-state index contributed by atoms with van der Waals surface area (Å²) in [5, 5.41) is 0. The summed E-state index contributed by atoms with van der Waals surface area (Å²) in [4.78, 5) is 0. The zero-order valence-corrected chi connectivity index (χ0v) is 26.3. The van der Waals surface area contributed by atoms with Crippen LogP contribution >= 0.6 is 23.2 Å². The lowest BCUT2D eigenvalue weighted by Crippen LogP contribution is -2.19. The van der Waals surface area contributed by atoms with Crippen molar-refractivity contribution >= 4 is 23.2 Å². The second-order valence-corrected chi connectivity index (χ2v) is 12.2. The van der Waals surface area contributed by atoms with Gasteiger partial charge in [0.1, 0.15) is 6.07 Å². The smallest absolute Gasteiger partial charge is 0.121 e. The summed E-state index contributed by atoms with van der Waals surface area (Å²) in [5.41, 5.74) is 0.0129. The standard InChI is InChI=1S/C8H18O.C7H15ClO.C7H16O.C5H11ClO.CH4/c1-5-6-7-9-8(2,3)4;1-7(2,3)9-6-4-5-8;1-5-6-8-7(2,3)4;1-5(2,3)7-4-6;/h5-7H2,1-4H3;4-6H2,1-3H3;5-6H2,1-4H3;4H2,1-3H3;1H4. The van der Waals surface area contributed by atoms with Crippen LogP contribution in [0.25, 0.3) is 0 Å². The van der Waals surface area contributed by atoms with Crippen molar-refractivity contribution in [3.05, 3.63) is 0 Å². The summed E-state index contributed by atoms with van der Waals surface area (Å²) in [7, 11) is 0. The first-order valence-electron chi connectivity index (χ1n) is 12.4. The Bertz CT molecular complexity index is 356. The van der Waals surface area contributed by atoms with E-state index in [4.69, 9.17) is 42.1 Å². The average Bonchev–Trinajstić information content (AvgIpc) is 2.58. The van der Waals surface area contributed by atoms with Crippen LogP contribution in [0.15, 0.2) is 0 Å². The molecule has 0 heterocycles. The first-order chi connectivity index (χ1) is 14.7. The Morgan fingerprint density at radius 1 is 0.471 bits per heavy atom. The maximum absolute atomic E-state index is 5.47. The quantitative estimate of drug-likeness (QED) is 0.217. The predicted molar refractivity (Wildman–Crippen MR) is 156 cm³/mol. The fourth-order valence-electron chi connectivity index (χ4n) is 1.53. The molecule has 0 aromatic heterocycles. The minimum absolute atomic E-state index is 0. The summed E-state index contributed by atoms with van der Waals surface area (Å²) >= 11 is 10.7. The summed E-state index contributed by atoms with van der Waals surface area (Å²) in [5.74, 6) is 0.691. The molecule has 0 aliphatic carbocycles. The topological polar surface area (TPSA) is 36.9 Å². The molecule has 0 fully saturated rings. The molecular formula is C28H64Cl2O4. The minimum Gasteiger partial charge on any atom is -0.376 e. The van der Waals surface area contributed by atoms with E-state index < -0.39 is 0 Å². The molecule has 0 unspecified atom stereocenters. The van der Waals surface area contributed by atoms with Crippen LogP contribution in [0.5, 0.6) is 0 Å². The summed E-state index contributed by atoms with van der Waals surface area (Å²) in [6.45, 7) is 31.3. The van der Waals surface area contributed by atoms with Gasteiger partial charge >= 0.3 is 0 Å². The maximum Gasteiger partial charge on any atom is 0.121 e. The number of ether oxygens (including phenoxy) is 4. The number of halogens is 2. The first-order valence-corrected chi connectivity index (χ1v) is 13.5. The summed E-state index contributed by atoms with van der Waals surface area (Å²) in [6.07, 6.45) is 4.45. The molecule has 0 saturated heterocycles. The average molecular weight is 536 g/mol. The zero-order valence-electron chi connectivity index (χ0n) is 24.8. The Morgan fingerprint density at radius 3 is 0.971 bits per heavy atom. The Labute approximate surface area is 226 Å². The molecule has 0 aliphatic heterocycles. The van der Waals surface area contributed by atoms with Crippen LogP contribution in [0.4, 0.5) is 0 Å². The van der Waals surface area contributed by atoms with Gasteiger partial charge in [0.15, 0.2) is 0 Å². The molecule has 0 rings (SSSR count). The van der Waals surface area contributed by atoms with Gasteiger partial charge in [0, 0.05) is 25.7 Å². The van der Waals surface area contributed by atoms with E-state index >= 15 is 0 Å². The summed E-state index contributed by atoms with van der Waals surface area (Å²) in [6, 6.07) is 0.281. The number of hydrogen-bond donors (Lipinski definition) is 0. The molecule has 0 bridgehead atoms. The third-order valence-corrected chi connectivity index (χ3v) is 3.45. The Hall–Kier alpha value is 0.420. The minimum atomic E-state index is -0.0816. The second kappa shape index (κ2) is 25.1. The lowest BCUT2D eigenvalue weighted by atomic mass is 10.2. The van der Waals surface area contributed by atoms with Gasteiger partial charge in [-0.25, -0.2) is 0 Å². The first kappa shape index (κ1) is 44.4. The van der Waals surface area contributed by atoms with Crippen LogP contribution in [0.3, 0.4) is 0 Å². The van der Waals surface area contributed by atoms with E-state index in [0.29, 0.717) is 5.88 Å². The van der Waals surface area contributed by atoms with Crippen molar-refractivity contribution < 1.29 is 18.9 Å². The molecule has 0 radical (unpaired) electrons. The second-order valence-electron chi connectivity index (χ2n) is 11.6. The fraction of sp³-hybridized carbons (Fsp3) is 1.00. The maximum atomic E-state index is 5.47. The van der Waals surface area contributed by atoms with E-state index in [2.05, 4.69) is 55.4 Å². The van der Waals surface area contributed by atoms with Gasteiger partial charge in [0.05, 0.1) is 22.4 Å². The molecule has 0 N–H and O–H groups in total. The van der Waals surface area contributed by atoms with Gasteiger partial charge in [-0.2, -0.15) is 0 Å². The highest BCUT2D eigenvalue weighted by atomic mass is 35.5. The molecular weight excluding hydrogens is 471 g/mol. The van der Waals surface area contributed by atoms with Crippen molar-refractivity contribution in [2.24, 2.45) is 0 Å². The molecule has 0 saturated carbocycles. The van der Waals surface area contributed by atoms with Crippen LogP contribution < -0.4 is 0 Å². The molecule has 4 nitrogen and oxygen atoms in total. The summed E-state index contributed by atoms with van der Waals surface area (Å²) < 4.78 is 21.2. The van der Waals surface area contributed by atoms with E-state index in [1.165, 1.54) is 12.8 Å². The number of hydrogen-bond acceptors (Lipinski definition) is 4. The Kier molecular flexibility index (Phi) is 32.8. The normalized spacial score (nSPS) is 11.6. The van der Waals surface area contributed by atoms with Crippen molar-refractivity contribution in [1.29, 1.82) is 0 Å². The zero-order chi connectivity index (χ0) is 27.2. The van der Waals surface area contributed by atoms with Crippen LogP contribution in [0.1, 0.15) is 130 Å². The molecule has 34 heavy (non-hydrogen) atoms. The lowest BCUT2D eigenvalue weighted by Gasteiger charge is -2.18. The fourth-order valence-corrected chi connectivity index (χ4v) is 1.96. The van der Waals surface area contributed by atoms with E-state index in [-0.39, 0.29) is 35.9 Å². The van der Waals surface area contributed by atoms with E-state index in [1.54, 1.807) is 0 Å². The Balaban J connectivity index is -0.000000109. The molecule has 6 heteroatoms. The molecule has 0 aromatic rings. The Morgan fingerprint density at radius 2 is 0.794 bits per heavy atom. The highest BCUT2D eigenvalue weighted by molar-refractivity contribution is 6.17. The van der Waals surface area contributed by atoms with Crippen molar-refractivity contribution in [1.82, 2.24) is 0 Å². The van der Waals surface area contributed by atoms with Crippen molar-refractivity contribution in [3.63, 3.8) is 0 Å². The monoisotopic (exact) mass is 534 g/mol. The van der Waals surface area contributed by atoms with Gasteiger partial charge in [-0.05, 0) is 102 Å². The number of alkyl halides is 2. The van der Waals surface area contributed by atoms with Gasteiger partial charge in [-0.3, -0.25) is 0 Å². The van der Waals surface area contributed by atoms with E-state index in [1.807, 2.05) is 41.5 Å². The van der Waals surface area contributed by atoms with E-state index in [0.717, 1.165) is 32.7 Å². The molecule has 0 aromatic carbocycles. The van der Waals surface area contributed by atoms with Crippen LogP contribution in [-0.2, 0) is 18.9 Å². The molecule has 0 amide bonds. The molecule has 0 atom stereocenters. The lowest BCUT2D eigenvalue weighted by molar-refractivity contribution is -0.00426. The largest absolute Gasteiger partial charge is 0.376 e. The van der Waals surface area contributed by atoms with Crippen molar-refractivity contribution in [2.45, 2.75) is 152 Å². The van der Waals surface area contributed by atoms with Gasteiger partial charge in [0.2, 0.25) is 0 Å². The SMILES string of the molecule is C.CC(C)(C)OCCCCl.CC(C)(C)OCCl.CCCCOC(C)(C)C.CCCOC(C)(C)C. The predicted octanol–water partition coefficient (Wildman–Crippen LogP) is 9.88. The highest BCUT2D eigenvalue weighted by Gasteiger charge is 2.09. The van der Waals surface area contributed by atoms with E-state index in [9.17, 15) is 0 Å². The third kappa shape index (κ3) is 69.8. The number of rotatable bonds is 9. The molecule has 0 aliphatic rings. The number of unbranched alkanes of at least 4 members (excludes halogenated alkanes) is 1. The van der Waals surface area contributed by atoms with Crippen LogP contribution in [0, 0.1) is 0 Å². The van der Waals surface area contributed by atoms with Crippen molar-refractivity contribution in [2.75, 3.05) is 31.8 Å². The van der Waals surface area contributed by atoms with Gasteiger partial charge in [-0.15, -0.1) is 11.6 Å². The van der Waals surface area contributed by atoms with Crippen LogP contribution in [0.2, 0.25) is 0 Å². The van der Waals surface area contributed by atoms with Crippen molar-refractivity contribution in [3.8, 4) is 0 Å². The highest BCUT2D eigenvalue weighted by Crippen LogP contribution is 2.08. The third-order valence-electron chi connectivity index (χ3n) is 3.07. The van der Waals surface area contributed by atoms with Crippen LogP contribution in [-0.4, -0.2) is 54.2 Å². The molecule has 0 spiro atoms. The van der Waals surface area contributed by atoms with Gasteiger partial charge < -0.3 is 18.9 Å². The van der Waals surface area contributed by atoms with Gasteiger partial charge in [0.25, 0.3) is 0 Å². The van der Waals surface area contributed by atoms with Gasteiger partial charge in [-0.1, -0.05) is 39.3 Å². The molecule has 214 valence electrons.